The second-order valence-corrected chi connectivity index (χ2v) is 5.11. The van der Waals surface area contributed by atoms with Gasteiger partial charge < -0.3 is 5.32 Å². The normalized spacial score (nSPS) is 10.6. The van der Waals surface area contributed by atoms with Crippen molar-refractivity contribution in [2.24, 2.45) is 7.05 Å². The van der Waals surface area contributed by atoms with E-state index in [0.29, 0.717) is 21.4 Å². The molecule has 0 aliphatic rings. The molecule has 2 aromatic rings. The van der Waals surface area contributed by atoms with Crippen LogP contribution in [0.15, 0.2) is 22.7 Å². The van der Waals surface area contributed by atoms with E-state index in [1.165, 1.54) is 6.07 Å². The molecule has 100 valence electrons. The van der Waals surface area contributed by atoms with Gasteiger partial charge in [-0.15, -0.1) is 0 Å². The zero-order valence-corrected chi connectivity index (χ0v) is 12.4. The Hall–Kier alpha value is -1.69. The van der Waals surface area contributed by atoms with Gasteiger partial charge in [-0.2, -0.15) is 5.10 Å². The van der Waals surface area contributed by atoms with Gasteiger partial charge in [-0.1, -0.05) is 0 Å². The molecule has 0 fully saturated rings. The summed E-state index contributed by atoms with van der Waals surface area (Å²) in [7, 11) is 1.78. The Morgan fingerprint density at radius 2 is 2.11 bits per heavy atom. The highest BCUT2D eigenvalue weighted by molar-refractivity contribution is 9.10. The summed E-state index contributed by atoms with van der Waals surface area (Å²) in [5.41, 5.74) is 2.35. The number of nitrogens with zero attached hydrogens (tertiary/aromatic N) is 2. The molecule has 0 saturated heterocycles. The Bertz CT molecular complexity index is 652. The van der Waals surface area contributed by atoms with E-state index in [-0.39, 0.29) is 5.91 Å². The first-order valence-corrected chi connectivity index (χ1v) is 6.46. The van der Waals surface area contributed by atoms with Crippen molar-refractivity contribution in [3.05, 3.63) is 45.4 Å². The van der Waals surface area contributed by atoms with Gasteiger partial charge in [0.2, 0.25) is 0 Å². The molecule has 6 heteroatoms. The molecule has 0 aliphatic carbocycles. The summed E-state index contributed by atoms with van der Waals surface area (Å²) < 4.78 is 15.4. The molecule has 1 N–H and O–H groups in total. The van der Waals surface area contributed by atoms with E-state index in [4.69, 9.17) is 0 Å². The third-order valence-electron chi connectivity index (χ3n) is 2.91. The molecule has 4 nitrogen and oxygen atoms in total. The third-order valence-corrected chi connectivity index (χ3v) is 3.56. The summed E-state index contributed by atoms with van der Waals surface area (Å²) >= 11 is 3.07. The summed E-state index contributed by atoms with van der Waals surface area (Å²) in [6, 6.07) is 4.45. The Morgan fingerprint density at radius 3 is 2.63 bits per heavy atom. The molecule has 0 radical (unpaired) electrons. The number of hydrogen-bond donors (Lipinski definition) is 1. The number of rotatable bonds is 2. The lowest BCUT2D eigenvalue weighted by atomic mass is 10.2. The van der Waals surface area contributed by atoms with Crippen molar-refractivity contribution in [3.63, 3.8) is 0 Å². The average molecular weight is 326 g/mol. The number of nitrogens with one attached hydrogen (secondary N) is 1. The standard InChI is InChI=1S/C13H13BrFN3O/c1-7-12(8(2)18(3)17-7)13(19)16-9-4-5-10(14)11(15)6-9/h4-6H,1-3H3,(H,16,19). The first-order chi connectivity index (χ1) is 8.90. The van der Waals surface area contributed by atoms with E-state index >= 15 is 0 Å². The van der Waals surface area contributed by atoms with Crippen LogP contribution in [0.4, 0.5) is 10.1 Å². The molecule has 0 spiro atoms. The monoisotopic (exact) mass is 325 g/mol. The van der Waals surface area contributed by atoms with Crippen molar-refractivity contribution in [1.82, 2.24) is 9.78 Å². The number of aromatic nitrogens is 2. The molecule has 0 unspecified atom stereocenters. The quantitative estimate of drug-likeness (QED) is 0.921. The van der Waals surface area contributed by atoms with Gasteiger partial charge in [0.15, 0.2) is 0 Å². The largest absolute Gasteiger partial charge is 0.322 e. The summed E-state index contributed by atoms with van der Waals surface area (Å²) in [5, 5.41) is 6.85. The fourth-order valence-corrected chi connectivity index (χ4v) is 2.12. The Balaban J connectivity index is 2.28. The topological polar surface area (TPSA) is 46.9 Å². The minimum absolute atomic E-state index is 0.287. The van der Waals surface area contributed by atoms with Crippen LogP contribution in [-0.4, -0.2) is 15.7 Å². The van der Waals surface area contributed by atoms with Gasteiger partial charge in [-0.25, -0.2) is 4.39 Å². The van der Waals surface area contributed by atoms with Crippen molar-refractivity contribution in [3.8, 4) is 0 Å². The number of amides is 1. The molecule has 1 amide bonds. The van der Waals surface area contributed by atoms with Crippen LogP contribution in [-0.2, 0) is 7.05 Å². The lowest BCUT2D eigenvalue weighted by Crippen LogP contribution is -2.14. The minimum atomic E-state index is -0.419. The van der Waals surface area contributed by atoms with Crippen molar-refractivity contribution < 1.29 is 9.18 Å². The lowest BCUT2D eigenvalue weighted by Gasteiger charge is -2.06. The van der Waals surface area contributed by atoms with Gasteiger partial charge in [0.05, 0.1) is 15.7 Å². The van der Waals surface area contributed by atoms with E-state index in [2.05, 4.69) is 26.3 Å². The van der Waals surface area contributed by atoms with Crippen LogP contribution in [0.5, 0.6) is 0 Å². The fourth-order valence-electron chi connectivity index (χ4n) is 1.87. The van der Waals surface area contributed by atoms with Crippen LogP contribution in [0.25, 0.3) is 0 Å². The highest BCUT2D eigenvalue weighted by atomic mass is 79.9. The van der Waals surface area contributed by atoms with Crippen LogP contribution >= 0.6 is 15.9 Å². The smallest absolute Gasteiger partial charge is 0.259 e. The number of hydrogen-bond acceptors (Lipinski definition) is 2. The average Bonchev–Trinajstić information content (AvgIpc) is 2.58. The van der Waals surface area contributed by atoms with E-state index in [1.807, 2.05) is 6.92 Å². The van der Waals surface area contributed by atoms with Gasteiger partial charge in [-0.05, 0) is 48.0 Å². The van der Waals surface area contributed by atoms with Crippen molar-refractivity contribution in [1.29, 1.82) is 0 Å². The first-order valence-electron chi connectivity index (χ1n) is 5.66. The fraction of sp³-hybridized carbons (Fsp3) is 0.231. The zero-order valence-electron chi connectivity index (χ0n) is 10.8. The Kier molecular flexibility index (Phi) is 3.71. The first kappa shape index (κ1) is 13.7. The van der Waals surface area contributed by atoms with E-state index in [0.717, 1.165) is 5.69 Å². The Labute approximate surface area is 118 Å². The number of carbonyl (C=O) groups is 1. The predicted molar refractivity (Wildman–Crippen MR) is 74.7 cm³/mol. The van der Waals surface area contributed by atoms with Crippen LogP contribution in [0, 0.1) is 19.7 Å². The molecule has 0 aliphatic heterocycles. The van der Waals surface area contributed by atoms with Gasteiger partial charge >= 0.3 is 0 Å². The van der Waals surface area contributed by atoms with Gasteiger partial charge in [0, 0.05) is 18.4 Å². The number of benzene rings is 1. The van der Waals surface area contributed by atoms with Gasteiger partial charge in [0.1, 0.15) is 5.82 Å². The van der Waals surface area contributed by atoms with E-state index in [1.54, 1.807) is 30.8 Å². The third kappa shape index (κ3) is 2.68. The van der Waals surface area contributed by atoms with Crippen molar-refractivity contribution in [2.45, 2.75) is 13.8 Å². The molecule has 19 heavy (non-hydrogen) atoms. The minimum Gasteiger partial charge on any atom is -0.322 e. The zero-order chi connectivity index (χ0) is 14.2. The molecular formula is C13H13BrFN3O. The van der Waals surface area contributed by atoms with Gasteiger partial charge in [-0.3, -0.25) is 9.48 Å². The number of halogens is 2. The molecule has 0 bridgehead atoms. The SMILES string of the molecule is Cc1nn(C)c(C)c1C(=O)Nc1ccc(Br)c(F)c1. The second kappa shape index (κ2) is 5.13. The van der Waals surface area contributed by atoms with Crippen molar-refractivity contribution >= 4 is 27.5 Å². The lowest BCUT2D eigenvalue weighted by molar-refractivity contribution is 0.102. The second-order valence-electron chi connectivity index (χ2n) is 4.25. The molecule has 2 rings (SSSR count). The predicted octanol–water partition coefficient (Wildman–Crippen LogP) is 3.19. The van der Waals surface area contributed by atoms with Crippen molar-refractivity contribution in [2.75, 3.05) is 5.32 Å². The Morgan fingerprint density at radius 1 is 1.42 bits per heavy atom. The van der Waals surface area contributed by atoms with Crippen LogP contribution in [0.3, 0.4) is 0 Å². The highest BCUT2D eigenvalue weighted by Crippen LogP contribution is 2.21. The highest BCUT2D eigenvalue weighted by Gasteiger charge is 2.17. The number of carbonyl (C=O) groups excluding carboxylic acids is 1. The number of aryl methyl sites for hydroxylation is 2. The molecule has 0 saturated carbocycles. The van der Waals surface area contributed by atoms with Crippen LogP contribution < -0.4 is 5.32 Å². The maximum absolute atomic E-state index is 13.4. The molecule has 1 aromatic heterocycles. The summed E-state index contributed by atoms with van der Waals surface area (Å²) in [4.78, 5) is 12.2. The molecule has 0 atom stereocenters. The van der Waals surface area contributed by atoms with Crippen LogP contribution in [0.1, 0.15) is 21.7 Å². The van der Waals surface area contributed by atoms with Gasteiger partial charge in [0.25, 0.3) is 5.91 Å². The maximum Gasteiger partial charge on any atom is 0.259 e. The summed E-state index contributed by atoms with van der Waals surface area (Å²) in [6.07, 6.45) is 0. The maximum atomic E-state index is 13.4. The van der Waals surface area contributed by atoms with E-state index in [9.17, 15) is 9.18 Å². The molecule has 1 heterocycles. The summed E-state index contributed by atoms with van der Waals surface area (Å²) in [6.45, 7) is 3.58. The number of anilines is 1. The molecule has 1 aromatic carbocycles. The molecular weight excluding hydrogens is 313 g/mol. The van der Waals surface area contributed by atoms with E-state index < -0.39 is 5.82 Å². The summed E-state index contributed by atoms with van der Waals surface area (Å²) in [5.74, 6) is -0.706. The van der Waals surface area contributed by atoms with Crippen LogP contribution in [0.2, 0.25) is 0 Å².